The van der Waals surface area contributed by atoms with Crippen LogP contribution in [0.25, 0.3) is 0 Å². The zero-order valence-electron chi connectivity index (χ0n) is 13.6. The molecule has 0 saturated heterocycles. The molecule has 0 fully saturated rings. The number of halogens is 2. The Kier molecular flexibility index (Phi) is 5.03. The van der Waals surface area contributed by atoms with Crippen LogP contribution in [0, 0.1) is 0 Å². The number of alkyl halides is 2. The number of rotatable bonds is 5. The first-order chi connectivity index (χ1) is 10.3. The molecule has 0 aliphatic heterocycles. The van der Waals surface area contributed by atoms with Crippen LogP contribution in [-0.2, 0) is 9.53 Å². The van der Waals surface area contributed by atoms with Crippen molar-refractivity contribution in [3.8, 4) is 5.75 Å². The fraction of sp³-hybridized carbons (Fsp3) is 0.500. The molecule has 0 aromatic heterocycles. The molecule has 0 radical (unpaired) electrons. The Labute approximate surface area is 133 Å². The van der Waals surface area contributed by atoms with E-state index in [1.165, 1.54) is 24.3 Å². The van der Waals surface area contributed by atoms with E-state index in [0.29, 0.717) is 5.75 Å². The normalized spacial score (nSPS) is 12.7. The van der Waals surface area contributed by atoms with Crippen molar-refractivity contribution in [2.24, 2.45) is 0 Å². The minimum atomic E-state index is -4.21. The molecule has 0 bridgehead atoms. The van der Waals surface area contributed by atoms with Crippen LogP contribution >= 0.6 is 0 Å². The zero-order valence-corrected chi connectivity index (χ0v) is 13.6. The van der Waals surface area contributed by atoms with E-state index in [-0.39, 0.29) is 5.56 Å². The van der Waals surface area contributed by atoms with Crippen molar-refractivity contribution in [3.63, 3.8) is 0 Å². The van der Waals surface area contributed by atoms with Gasteiger partial charge in [-0.3, -0.25) is 0 Å². The number of benzene rings is 1. The van der Waals surface area contributed by atoms with Crippen molar-refractivity contribution >= 4 is 11.9 Å². The third-order valence-corrected chi connectivity index (χ3v) is 2.89. The number of carboxylic acids is 1. The summed E-state index contributed by atoms with van der Waals surface area (Å²) >= 11 is 0. The molecule has 0 spiro atoms. The molecule has 0 atom stereocenters. The van der Waals surface area contributed by atoms with Crippen molar-refractivity contribution in [2.45, 2.75) is 51.7 Å². The summed E-state index contributed by atoms with van der Waals surface area (Å²) in [4.78, 5) is 22.5. The molecule has 1 aromatic carbocycles. The number of esters is 1. The quantitative estimate of drug-likeness (QED) is 0.836. The Morgan fingerprint density at radius 3 is 1.87 bits per heavy atom. The minimum Gasteiger partial charge on any atom is -0.488 e. The molecule has 23 heavy (non-hydrogen) atoms. The highest BCUT2D eigenvalue weighted by molar-refractivity contribution is 5.90. The van der Waals surface area contributed by atoms with Crippen LogP contribution in [0.4, 0.5) is 8.78 Å². The zero-order chi connectivity index (χ0) is 18.1. The first kappa shape index (κ1) is 18.9. The van der Waals surface area contributed by atoms with Gasteiger partial charge in [0.2, 0.25) is 0 Å². The van der Waals surface area contributed by atoms with Crippen molar-refractivity contribution < 1.29 is 33.0 Å². The van der Waals surface area contributed by atoms with Crippen molar-refractivity contribution in [2.75, 3.05) is 0 Å². The highest BCUT2D eigenvalue weighted by Crippen LogP contribution is 2.33. The maximum Gasteiger partial charge on any atom is 0.380 e. The number of ether oxygens (including phenoxy) is 2. The number of carbonyl (C=O) groups excluding carboxylic acids is 1. The molecule has 0 saturated carbocycles. The second-order valence-corrected chi connectivity index (χ2v) is 6.52. The van der Waals surface area contributed by atoms with Crippen LogP contribution in [0.15, 0.2) is 24.3 Å². The highest BCUT2D eigenvalue weighted by atomic mass is 19.3. The van der Waals surface area contributed by atoms with E-state index >= 15 is 0 Å². The topological polar surface area (TPSA) is 72.8 Å². The summed E-state index contributed by atoms with van der Waals surface area (Å²) < 4.78 is 37.4. The Morgan fingerprint density at radius 2 is 1.48 bits per heavy atom. The predicted octanol–water partition coefficient (Wildman–Crippen LogP) is 3.52. The molecule has 1 rings (SSSR count). The van der Waals surface area contributed by atoms with Gasteiger partial charge in [-0.2, -0.15) is 8.78 Å². The first-order valence-corrected chi connectivity index (χ1v) is 6.90. The van der Waals surface area contributed by atoms with Gasteiger partial charge in [-0.25, -0.2) is 9.59 Å². The van der Waals surface area contributed by atoms with E-state index in [2.05, 4.69) is 4.74 Å². The third kappa shape index (κ3) is 4.64. The first-order valence-electron chi connectivity index (χ1n) is 6.90. The number of hydrogen-bond donors (Lipinski definition) is 1. The van der Waals surface area contributed by atoms with Gasteiger partial charge in [0.25, 0.3) is 0 Å². The van der Waals surface area contributed by atoms with Crippen molar-refractivity contribution in [1.82, 2.24) is 0 Å². The molecule has 7 heteroatoms. The predicted molar refractivity (Wildman–Crippen MR) is 78.9 cm³/mol. The lowest BCUT2D eigenvalue weighted by atomic mass is 10.0. The number of carbonyl (C=O) groups is 2. The van der Waals surface area contributed by atoms with Gasteiger partial charge in [0.15, 0.2) is 5.60 Å². The second kappa shape index (κ2) is 6.14. The SMILES string of the molecule is CC(C)(C)Oc1ccc(C(=O)OC(C)(C)C(F)(F)C(=O)O)cc1. The van der Waals surface area contributed by atoms with Crippen LogP contribution in [0.5, 0.6) is 5.75 Å². The van der Waals surface area contributed by atoms with E-state index in [1.807, 2.05) is 20.8 Å². The average molecular weight is 330 g/mol. The van der Waals surface area contributed by atoms with E-state index in [1.54, 1.807) is 0 Å². The van der Waals surface area contributed by atoms with E-state index < -0.39 is 29.1 Å². The fourth-order valence-electron chi connectivity index (χ4n) is 1.62. The smallest absolute Gasteiger partial charge is 0.380 e. The van der Waals surface area contributed by atoms with Crippen LogP contribution in [0.3, 0.4) is 0 Å². The van der Waals surface area contributed by atoms with Gasteiger partial charge >= 0.3 is 17.9 Å². The Hall–Kier alpha value is -2.18. The summed E-state index contributed by atoms with van der Waals surface area (Å²) in [6.07, 6.45) is 0. The second-order valence-electron chi connectivity index (χ2n) is 6.52. The largest absolute Gasteiger partial charge is 0.488 e. The Bertz CT molecular complexity index is 585. The summed E-state index contributed by atoms with van der Waals surface area (Å²) in [6, 6.07) is 5.73. The molecular formula is C16H20F2O5. The summed E-state index contributed by atoms with van der Waals surface area (Å²) in [6.45, 7) is 7.25. The molecule has 0 unspecified atom stereocenters. The van der Waals surface area contributed by atoms with Gasteiger partial charge in [-0.05, 0) is 58.9 Å². The minimum absolute atomic E-state index is 0.0144. The maximum absolute atomic E-state index is 13.6. The molecular weight excluding hydrogens is 310 g/mol. The lowest BCUT2D eigenvalue weighted by Gasteiger charge is -2.30. The molecule has 1 N–H and O–H groups in total. The van der Waals surface area contributed by atoms with E-state index in [4.69, 9.17) is 9.84 Å². The fourth-order valence-corrected chi connectivity index (χ4v) is 1.62. The van der Waals surface area contributed by atoms with E-state index in [9.17, 15) is 18.4 Å². The van der Waals surface area contributed by atoms with Gasteiger partial charge in [0, 0.05) is 0 Å². The van der Waals surface area contributed by atoms with Gasteiger partial charge < -0.3 is 14.6 Å². The lowest BCUT2D eigenvalue weighted by molar-refractivity contribution is -0.200. The molecule has 5 nitrogen and oxygen atoms in total. The van der Waals surface area contributed by atoms with Crippen LogP contribution in [0.2, 0.25) is 0 Å². The van der Waals surface area contributed by atoms with Crippen molar-refractivity contribution in [1.29, 1.82) is 0 Å². The summed E-state index contributed by atoms with van der Waals surface area (Å²) in [5.41, 5.74) is -2.90. The van der Waals surface area contributed by atoms with Gasteiger partial charge in [-0.1, -0.05) is 0 Å². The summed E-state index contributed by atoms with van der Waals surface area (Å²) in [5, 5.41) is 8.55. The number of carboxylic acid groups (broad SMARTS) is 1. The van der Waals surface area contributed by atoms with Gasteiger partial charge in [-0.15, -0.1) is 0 Å². The summed E-state index contributed by atoms with van der Waals surface area (Å²) in [5.74, 6) is -7.11. The Balaban J connectivity index is 2.88. The monoisotopic (exact) mass is 330 g/mol. The maximum atomic E-state index is 13.6. The van der Waals surface area contributed by atoms with E-state index in [0.717, 1.165) is 13.8 Å². The van der Waals surface area contributed by atoms with Gasteiger partial charge in [0.05, 0.1) is 5.56 Å². The lowest BCUT2D eigenvalue weighted by Crippen LogP contribution is -2.51. The van der Waals surface area contributed by atoms with Crippen molar-refractivity contribution in [3.05, 3.63) is 29.8 Å². The van der Waals surface area contributed by atoms with Crippen LogP contribution in [-0.4, -0.2) is 34.2 Å². The standard InChI is InChI=1S/C16H20F2O5/c1-14(2,3)22-11-8-6-10(7-9-11)12(19)23-15(4,5)16(17,18)13(20)21/h6-9H,1-5H3,(H,20,21). The average Bonchev–Trinajstić information content (AvgIpc) is 2.36. The molecule has 0 heterocycles. The van der Waals surface area contributed by atoms with Crippen LogP contribution in [0.1, 0.15) is 45.0 Å². The summed E-state index contributed by atoms with van der Waals surface area (Å²) in [7, 11) is 0. The molecule has 1 aromatic rings. The third-order valence-electron chi connectivity index (χ3n) is 2.89. The Morgan fingerprint density at radius 1 is 1.00 bits per heavy atom. The van der Waals surface area contributed by atoms with Gasteiger partial charge in [0.1, 0.15) is 11.4 Å². The molecule has 0 aliphatic rings. The molecule has 128 valence electrons. The molecule has 0 aliphatic carbocycles. The highest BCUT2D eigenvalue weighted by Gasteiger charge is 2.56. The number of hydrogen-bond acceptors (Lipinski definition) is 4. The number of aliphatic carboxylic acids is 1. The van der Waals surface area contributed by atoms with Crippen LogP contribution < -0.4 is 4.74 Å². The molecule has 0 amide bonds.